The normalized spacial score (nSPS) is 10.5. The van der Waals surface area contributed by atoms with E-state index in [0.717, 1.165) is 11.4 Å². The number of nitrogens with zero attached hydrogens (tertiary/aromatic N) is 5. The van der Waals surface area contributed by atoms with E-state index in [2.05, 4.69) is 20.1 Å². The molecule has 6 nitrogen and oxygen atoms in total. The molecule has 0 fully saturated rings. The molecule has 2 aromatic heterocycles. The second-order valence-electron chi connectivity index (χ2n) is 3.04. The van der Waals surface area contributed by atoms with Crippen LogP contribution in [0.4, 0.5) is 0 Å². The van der Waals surface area contributed by atoms with Crippen molar-refractivity contribution in [3.8, 4) is 11.4 Å². The number of hydrogen-bond acceptors (Lipinski definition) is 5. The Morgan fingerprint density at radius 1 is 1.33 bits per heavy atom. The van der Waals surface area contributed by atoms with Crippen LogP contribution in [0.15, 0.2) is 18.7 Å². The lowest BCUT2D eigenvalue weighted by Gasteiger charge is -1.94. The van der Waals surface area contributed by atoms with Gasteiger partial charge >= 0.3 is 0 Å². The first-order valence-corrected chi connectivity index (χ1v) is 4.45. The van der Waals surface area contributed by atoms with E-state index < -0.39 is 0 Å². The van der Waals surface area contributed by atoms with Crippen molar-refractivity contribution in [3.63, 3.8) is 0 Å². The maximum atomic E-state index is 5.00. The van der Waals surface area contributed by atoms with Crippen molar-refractivity contribution in [1.29, 1.82) is 0 Å². The van der Waals surface area contributed by atoms with Crippen LogP contribution in [0.5, 0.6) is 0 Å². The van der Waals surface area contributed by atoms with Crippen LogP contribution in [-0.4, -0.2) is 31.8 Å². The van der Waals surface area contributed by atoms with Crippen molar-refractivity contribution in [2.75, 3.05) is 7.11 Å². The molecule has 0 saturated heterocycles. The second-order valence-corrected chi connectivity index (χ2v) is 3.04. The van der Waals surface area contributed by atoms with E-state index in [9.17, 15) is 0 Å². The van der Waals surface area contributed by atoms with Crippen LogP contribution in [0.3, 0.4) is 0 Å². The second kappa shape index (κ2) is 4.14. The fraction of sp³-hybridized carbons (Fsp3) is 0.333. The molecule has 0 aliphatic carbocycles. The number of aromatic nitrogens is 5. The molecule has 0 amide bonds. The van der Waals surface area contributed by atoms with Gasteiger partial charge < -0.3 is 4.74 Å². The summed E-state index contributed by atoms with van der Waals surface area (Å²) in [5, 5.41) is 4.25. The lowest BCUT2D eigenvalue weighted by atomic mass is 10.3. The van der Waals surface area contributed by atoms with Gasteiger partial charge in [0.15, 0.2) is 11.6 Å². The Hall–Kier alpha value is -1.82. The van der Waals surface area contributed by atoms with Crippen molar-refractivity contribution in [1.82, 2.24) is 24.7 Å². The van der Waals surface area contributed by atoms with Gasteiger partial charge in [-0.3, -0.25) is 4.68 Å². The molecule has 2 heterocycles. The van der Waals surface area contributed by atoms with Crippen LogP contribution in [0.1, 0.15) is 5.82 Å². The maximum Gasteiger partial charge on any atom is 0.184 e. The van der Waals surface area contributed by atoms with E-state index in [1.54, 1.807) is 24.2 Å². The van der Waals surface area contributed by atoms with Crippen LogP contribution >= 0.6 is 0 Å². The Balaban J connectivity index is 2.34. The summed E-state index contributed by atoms with van der Waals surface area (Å²) in [5.74, 6) is 1.39. The summed E-state index contributed by atoms with van der Waals surface area (Å²) in [7, 11) is 3.45. The van der Waals surface area contributed by atoms with Crippen molar-refractivity contribution < 1.29 is 4.74 Å². The fourth-order valence-electron chi connectivity index (χ4n) is 1.21. The summed E-state index contributed by atoms with van der Waals surface area (Å²) in [5.41, 5.74) is 0.801. The molecular weight excluding hydrogens is 194 g/mol. The molecule has 0 N–H and O–H groups in total. The molecule has 15 heavy (non-hydrogen) atoms. The third-order valence-electron chi connectivity index (χ3n) is 1.95. The molecule has 0 atom stereocenters. The van der Waals surface area contributed by atoms with Gasteiger partial charge in [-0.25, -0.2) is 15.0 Å². The molecule has 0 aliphatic rings. The third-order valence-corrected chi connectivity index (χ3v) is 1.95. The van der Waals surface area contributed by atoms with Gasteiger partial charge in [-0.15, -0.1) is 0 Å². The van der Waals surface area contributed by atoms with Gasteiger partial charge in [-0.2, -0.15) is 5.10 Å². The van der Waals surface area contributed by atoms with Crippen molar-refractivity contribution in [2.24, 2.45) is 7.05 Å². The average Bonchev–Trinajstić information content (AvgIpc) is 2.63. The number of hydrogen-bond donors (Lipinski definition) is 0. The predicted molar refractivity (Wildman–Crippen MR) is 52.7 cm³/mol. The van der Waals surface area contributed by atoms with Gasteiger partial charge in [0, 0.05) is 26.6 Å². The topological polar surface area (TPSA) is 65.7 Å². The Morgan fingerprint density at radius 2 is 2.07 bits per heavy atom. The van der Waals surface area contributed by atoms with E-state index in [1.165, 1.54) is 6.33 Å². The van der Waals surface area contributed by atoms with Gasteiger partial charge in [-0.1, -0.05) is 0 Å². The van der Waals surface area contributed by atoms with Crippen LogP contribution in [-0.2, 0) is 18.4 Å². The van der Waals surface area contributed by atoms with Crippen molar-refractivity contribution in [2.45, 2.75) is 6.61 Å². The summed E-state index contributed by atoms with van der Waals surface area (Å²) in [4.78, 5) is 12.1. The SMILES string of the molecule is COCc1nc(-c2cncnc2)nn1C. The highest BCUT2D eigenvalue weighted by atomic mass is 16.5. The molecule has 0 spiro atoms. The summed E-state index contributed by atoms with van der Waals surface area (Å²) in [6, 6.07) is 0. The van der Waals surface area contributed by atoms with Gasteiger partial charge in [0.1, 0.15) is 12.9 Å². The fourth-order valence-corrected chi connectivity index (χ4v) is 1.21. The summed E-state index contributed by atoms with van der Waals surface area (Å²) >= 11 is 0. The molecule has 0 aromatic carbocycles. The molecule has 0 saturated carbocycles. The highest BCUT2D eigenvalue weighted by Gasteiger charge is 2.08. The first-order valence-electron chi connectivity index (χ1n) is 4.45. The summed E-state index contributed by atoms with van der Waals surface area (Å²) in [6.45, 7) is 0.442. The van der Waals surface area contributed by atoms with Gasteiger partial charge in [0.05, 0.1) is 5.56 Å². The standard InChI is InChI=1S/C9H11N5O/c1-14-8(5-15-2)12-9(13-14)7-3-10-6-11-4-7/h3-4,6H,5H2,1-2H3. The molecule has 6 heteroatoms. The lowest BCUT2D eigenvalue weighted by Crippen LogP contribution is -2.00. The molecule has 78 valence electrons. The van der Waals surface area contributed by atoms with Crippen molar-refractivity contribution >= 4 is 0 Å². The largest absolute Gasteiger partial charge is 0.377 e. The summed E-state index contributed by atoms with van der Waals surface area (Å²) < 4.78 is 6.69. The summed E-state index contributed by atoms with van der Waals surface area (Å²) in [6.07, 6.45) is 4.83. The van der Waals surface area contributed by atoms with E-state index in [0.29, 0.717) is 12.4 Å². The molecular formula is C9H11N5O. The Labute approximate surface area is 87.0 Å². The Kier molecular flexibility index (Phi) is 2.68. The number of rotatable bonds is 3. The number of methoxy groups -OCH3 is 1. The van der Waals surface area contributed by atoms with Gasteiger partial charge in [-0.05, 0) is 0 Å². The highest BCUT2D eigenvalue weighted by molar-refractivity contribution is 5.50. The van der Waals surface area contributed by atoms with E-state index in [-0.39, 0.29) is 0 Å². The minimum absolute atomic E-state index is 0.442. The molecule has 0 radical (unpaired) electrons. The predicted octanol–water partition coefficient (Wildman–Crippen LogP) is 0.418. The highest BCUT2D eigenvalue weighted by Crippen LogP contribution is 2.12. The van der Waals surface area contributed by atoms with E-state index in [1.807, 2.05) is 7.05 Å². The molecule has 2 aromatic rings. The van der Waals surface area contributed by atoms with E-state index >= 15 is 0 Å². The average molecular weight is 205 g/mol. The van der Waals surface area contributed by atoms with Crippen LogP contribution in [0.25, 0.3) is 11.4 Å². The van der Waals surface area contributed by atoms with E-state index in [4.69, 9.17) is 4.74 Å². The maximum absolute atomic E-state index is 5.00. The lowest BCUT2D eigenvalue weighted by molar-refractivity contribution is 0.174. The monoisotopic (exact) mass is 205 g/mol. The zero-order chi connectivity index (χ0) is 10.7. The number of ether oxygens (including phenoxy) is 1. The van der Waals surface area contributed by atoms with Gasteiger partial charge in [0.2, 0.25) is 0 Å². The quantitative estimate of drug-likeness (QED) is 0.726. The minimum atomic E-state index is 0.442. The van der Waals surface area contributed by atoms with Crippen LogP contribution in [0.2, 0.25) is 0 Å². The first-order chi connectivity index (χ1) is 7.31. The van der Waals surface area contributed by atoms with Gasteiger partial charge in [0.25, 0.3) is 0 Å². The minimum Gasteiger partial charge on any atom is -0.377 e. The third kappa shape index (κ3) is 1.99. The molecule has 2 rings (SSSR count). The zero-order valence-corrected chi connectivity index (χ0v) is 8.58. The number of aryl methyl sites for hydroxylation is 1. The zero-order valence-electron chi connectivity index (χ0n) is 8.58. The van der Waals surface area contributed by atoms with Crippen LogP contribution in [0, 0.1) is 0 Å². The first kappa shape index (κ1) is 9.72. The van der Waals surface area contributed by atoms with Crippen molar-refractivity contribution in [3.05, 3.63) is 24.5 Å². The Bertz CT molecular complexity index is 439. The molecule has 0 unspecified atom stereocenters. The molecule has 0 aliphatic heterocycles. The smallest absolute Gasteiger partial charge is 0.184 e. The van der Waals surface area contributed by atoms with Crippen LogP contribution < -0.4 is 0 Å². The Morgan fingerprint density at radius 3 is 2.73 bits per heavy atom. The molecule has 0 bridgehead atoms.